The lowest BCUT2D eigenvalue weighted by Crippen LogP contribution is -2.33. The molecule has 1 aliphatic heterocycles. The highest BCUT2D eigenvalue weighted by Crippen LogP contribution is 2.45. The first kappa shape index (κ1) is 10.1. The fourth-order valence-corrected chi connectivity index (χ4v) is 2.22. The van der Waals surface area contributed by atoms with Gasteiger partial charge in [0.1, 0.15) is 5.60 Å². The average Bonchev–Trinajstić information content (AvgIpc) is 2.36. The number of hydrogen-bond acceptors (Lipinski definition) is 3. The first-order chi connectivity index (χ1) is 6.61. The zero-order chi connectivity index (χ0) is 10.2. The summed E-state index contributed by atoms with van der Waals surface area (Å²) in [5.41, 5.74) is 0.490. The second-order valence-electron chi connectivity index (χ2n) is 4.40. The Labute approximate surface area is 84.6 Å². The molecule has 0 bridgehead atoms. The Bertz CT molecular complexity index is 261. The van der Waals surface area contributed by atoms with Crippen LogP contribution in [0.2, 0.25) is 0 Å². The molecule has 2 aliphatic rings. The quantitative estimate of drug-likeness (QED) is 0.519. The summed E-state index contributed by atoms with van der Waals surface area (Å²) in [6.45, 7) is 4.02. The van der Waals surface area contributed by atoms with Crippen LogP contribution < -0.4 is 0 Å². The average molecular weight is 198 g/mol. The smallest absolute Gasteiger partial charge is 0.224 e. The van der Waals surface area contributed by atoms with E-state index < -0.39 is 11.4 Å². The van der Waals surface area contributed by atoms with Gasteiger partial charge < -0.3 is 5.11 Å². The van der Waals surface area contributed by atoms with E-state index in [1.807, 2.05) is 13.8 Å². The summed E-state index contributed by atoms with van der Waals surface area (Å²) in [6.07, 6.45) is 6.67. The third-order valence-electron chi connectivity index (χ3n) is 3.35. The lowest BCUT2D eigenvalue weighted by Gasteiger charge is -2.23. The van der Waals surface area contributed by atoms with Crippen molar-refractivity contribution >= 4 is 0 Å². The molecule has 2 unspecified atom stereocenters. The molecular formula is C11H18O3. The Kier molecular flexibility index (Phi) is 2.41. The van der Waals surface area contributed by atoms with Crippen LogP contribution >= 0.6 is 0 Å². The van der Waals surface area contributed by atoms with Gasteiger partial charge in [-0.3, -0.25) is 0 Å². The Morgan fingerprint density at radius 2 is 2.21 bits per heavy atom. The summed E-state index contributed by atoms with van der Waals surface area (Å²) in [7, 11) is 0. The van der Waals surface area contributed by atoms with Gasteiger partial charge in [0, 0.05) is 12.0 Å². The maximum atomic E-state index is 10.2. The molecule has 0 aromatic carbocycles. The van der Waals surface area contributed by atoms with Crippen molar-refractivity contribution in [3.05, 3.63) is 11.6 Å². The van der Waals surface area contributed by atoms with Gasteiger partial charge in [-0.2, -0.15) is 4.89 Å². The Balaban J connectivity index is 2.34. The minimum Gasteiger partial charge on any atom is -0.360 e. The lowest BCUT2D eigenvalue weighted by atomic mass is 9.86. The second-order valence-corrected chi connectivity index (χ2v) is 4.40. The van der Waals surface area contributed by atoms with Crippen LogP contribution in [-0.2, 0) is 9.78 Å². The maximum absolute atomic E-state index is 10.2. The van der Waals surface area contributed by atoms with Gasteiger partial charge in [0.25, 0.3) is 0 Å². The van der Waals surface area contributed by atoms with Crippen LogP contribution in [0.4, 0.5) is 0 Å². The summed E-state index contributed by atoms with van der Waals surface area (Å²) in [5, 5.41) is 10.2. The van der Waals surface area contributed by atoms with Crippen LogP contribution in [0.15, 0.2) is 11.6 Å². The normalized spacial score (nSPS) is 42.9. The molecular weight excluding hydrogens is 180 g/mol. The van der Waals surface area contributed by atoms with Crippen molar-refractivity contribution in [3.63, 3.8) is 0 Å². The lowest BCUT2D eigenvalue weighted by molar-refractivity contribution is -0.392. The fraction of sp³-hybridized carbons (Fsp3) is 0.818. The SMILES string of the molecule is CCC1(C)OOC2(O)CCCCC=C12. The standard InChI is InChI=1S/C11H18O3/c1-3-10(2)9-7-5-4-6-8-11(9,12)14-13-10/h7,12H,3-6,8H2,1-2H3. The topological polar surface area (TPSA) is 38.7 Å². The number of fused-ring (bicyclic) bond motifs is 1. The third kappa shape index (κ3) is 1.40. The fourth-order valence-electron chi connectivity index (χ4n) is 2.22. The molecule has 1 saturated heterocycles. The monoisotopic (exact) mass is 198 g/mol. The summed E-state index contributed by atoms with van der Waals surface area (Å²) < 4.78 is 0. The molecule has 0 radical (unpaired) electrons. The molecule has 3 heteroatoms. The van der Waals surface area contributed by atoms with Gasteiger partial charge in [-0.25, -0.2) is 4.89 Å². The van der Waals surface area contributed by atoms with Gasteiger partial charge in [0.2, 0.25) is 5.79 Å². The van der Waals surface area contributed by atoms with Crippen molar-refractivity contribution in [1.82, 2.24) is 0 Å². The van der Waals surface area contributed by atoms with E-state index >= 15 is 0 Å². The molecule has 0 saturated carbocycles. The van der Waals surface area contributed by atoms with E-state index in [-0.39, 0.29) is 0 Å². The Hall–Kier alpha value is -0.380. The van der Waals surface area contributed by atoms with Crippen molar-refractivity contribution in [2.45, 2.75) is 57.3 Å². The van der Waals surface area contributed by atoms with Gasteiger partial charge >= 0.3 is 0 Å². The molecule has 2 atom stereocenters. The Morgan fingerprint density at radius 1 is 1.43 bits per heavy atom. The van der Waals surface area contributed by atoms with Gasteiger partial charge in [-0.15, -0.1) is 0 Å². The van der Waals surface area contributed by atoms with E-state index in [9.17, 15) is 5.11 Å². The highest BCUT2D eigenvalue weighted by Gasteiger charge is 2.52. The first-order valence-corrected chi connectivity index (χ1v) is 5.41. The van der Waals surface area contributed by atoms with Gasteiger partial charge in [0.15, 0.2) is 0 Å². The number of allylic oxidation sites excluding steroid dienone is 1. The van der Waals surface area contributed by atoms with Crippen LogP contribution in [-0.4, -0.2) is 16.5 Å². The molecule has 14 heavy (non-hydrogen) atoms. The van der Waals surface area contributed by atoms with Crippen molar-refractivity contribution in [1.29, 1.82) is 0 Å². The van der Waals surface area contributed by atoms with Crippen molar-refractivity contribution in [2.75, 3.05) is 0 Å². The minimum absolute atomic E-state index is 0.431. The summed E-state index contributed by atoms with van der Waals surface area (Å²) in [5.74, 6) is -1.15. The molecule has 0 aromatic rings. The van der Waals surface area contributed by atoms with Crippen LogP contribution in [0.1, 0.15) is 46.0 Å². The van der Waals surface area contributed by atoms with Crippen LogP contribution in [0, 0.1) is 0 Å². The van der Waals surface area contributed by atoms with Gasteiger partial charge in [-0.1, -0.05) is 13.0 Å². The predicted octanol–water partition coefficient (Wildman–Crippen LogP) is 2.31. The number of hydrogen-bond donors (Lipinski definition) is 1. The molecule has 2 rings (SSSR count). The van der Waals surface area contributed by atoms with Crippen LogP contribution in [0.5, 0.6) is 0 Å². The molecule has 1 N–H and O–H groups in total. The molecule has 1 aliphatic carbocycles. The molecule has 0 amide bonds. The first-order valence-electron chi connectivity index (χ1n) is 5.41. The van der Waals surface area contributed by atoms with Gasteiger partial charge in [0.05, 0.1) is 0 Å². The van der Waals surface area contributed by atoms with E-state index in [0.717, 1.165) is 31.3 Å². The summed E-state index contributed by atoms with van der Waals surface area (Å²) >= 11 is 0. The summed E-state index contributed by atoms with van der Waals surface area (Å²) in [6, 6.07) is 0. The van der Waals surface area contributed by atoms with E-state index in [1.54, 1.807) is 0 Å². The Morgan fingerprint density at radius 3 is 2.93 bits per heavy atom. The van der Waals surface area contributed by atoms with Crippen LogP contribution in [0.3, 0.4) is 0 Å². The molecule has 1 heterocycles. The highest BCUT2D eigenvalue weighted by atomic mass is 17.2. The van der Waals surface area contributed by atoms with E-state index in [1.165, 1.54) is 0 Å². The van der Waals surface area contributed by atoms with E-state index in [2.05, 4.69) is 6.08 Å². The molecule has 1 fully saturated rings. The maximum Gasteiger partial charge on any atom is 0.224 e. The van der Waals surface area contributed by atoms with E-state index in [0.29, 0.717) is 6.42 Å². The summed E-state index contributed by atoms with van der Waals surface area (Å²) in [4.78, 5) is 10.4. The zero-order valence-corrected chi connectivity index (χ0v) is 8.88. The van der Waals surface area contributed by atoms with E-state index in [4.69, 9.17) is 9.78 Å². The number of rotatable bonds is 1. The van der Waals surface area contributed by atoms with Crippen LogP contribution in [0.25, 0.3) is 0 Å². The van der Waals surface area contributed by atoms with Crippen molar-refractivity contribution in [3.8, 4) is 0 Å². The number of aliphatic hydroxyl groups is 1. The largest absolute Gasteiger partial charge is 0.360 e. The second kappa shape index (κ2) is 3.33. The highest BCUT2D eigenvalue weighted by molar-refractivity contribution is 5.26. The minimum atomic E-state index is -1.15. The van der Waals surface area contributed by atoms with Crippen molar-refractivity contribution < 1.29 is 14.9 Å². The third-order valence-corrected chi connectivity index (χ3v) is 3.35. The predicted molar refractivity (Wildman–Crippen MR) is 52.4 cm³/mol. The van der Waals surface area contributed by atoms with Crippen molar-refractivity contribution in [2.24, 2.45) is 0 Å². The molecule has 80 valence electrons. The molecule has 0 spiro atoms. The molecule has 0 aromatic heterocycles. The van der Waals surface area contributed by atoms with Gasteiger partial charge in [-0.05, 0) is 32.6 Å². The molecule has 3 nitrogen and oxygen atoms in total. The zero-order valence-electron chi connectivity index (χ0n) is 8.88.